The first-order valence-corrected chi connectivity index (χ1v) is 12.7. The molecule has 36 heavy (non-hydrogen) atoms. The van der Waals surface area contributed by atoms with Crippen molar-refractivity contribution in [3.8, 4) is 22.5 Å². The number of pyridine rings is 1. The van der Waals surface area contributed by atoms with Gasteiger partial charge in [0.1, 0.15) is 6.10 Å². The lowest BCUT2D eigenvalue weighted by atomic mass is 9.92. The molecule has 5 N–H and O–H groups in total. The molecule has 2 aromatic carbocycles. The van der Waals surface area contributed by atoms with E-state index in [2.05, 4.69) is 27.0 Å². The second-order valence-corrected chi connectivity index (χ2v) is 10.0. The summed E-state index contributed by atoms with van der Waals surface area (Å²) in [5.74, 6) is 0.504. The summed E-state index contributed by atoms with van der Waals surface area (Å²) >= 11 is 0. The molecular weight excluding hydrogens is 450 g/mol. The number of hydrogen-bond donors (Lipinski definition) is 3. The number of nitrogens with zero attached hydrogens (tertiary/aromatic N) is 2. The van der Waals surface area contributed by atoms with E-state index in [1.807, 2.05) is 49.4 Å². The number of amides is 1. The molecule has 4 aromatic rings. The van der Waals surface area contributed by atoms with Crippen LogP contribution in [0.15, 0.2) is 60.8 Å². The number of nitrogens with one attached hydrogen (secondary N) is 1. The fourth-order valence-corrected chi connectivity index (χ4v) is 5.15. The third-order valence-corrected chi connectivity index (χ3v) is 7.58. The van der Waals surface area contributed by atoms with Gasteiger partial charge in [0.05, 0.1) is 28.3 Å². The van der Waals surface area contributed by atoms with Gasteiger partial charge in [-0.1, -0.05) is 24.3 Å². The first-order chi connectivity index (χ1) is 17.5. The smallest absolute Gasteiger partial charge is 0.411 e. The van der Waals surface area contributed by atoms with Gasteiger partial charge in [-0.3, -0.25) is 10.3 Å². The summed E-state index contributed by atoms with van der Waals surface area (Å²) in [5.41, 5.74) is 20.0. The summed E-state index contributed by atoms with van der Waals surface area (Å²) in [6.45, 7) is 1.95. The second kappa shape index (κ2) is 8.90. The molecular formula is C29H31N5O2. The quantitative estimate of drug-likeness (QED) is 0.287. The van der Waals surface area contributed by atoms with Crippen LogP contribution in [0.3, 0.4) is 0 Å². The van der Waals surface area contributed by atoms with Crippen molar-refractivity contribution in [3.63, 3.8) is 0 Å². The number of carbonyl (C=O) groups excluding carboxylic acids is 1. The van der Waals surface area contributed by atoms with Gasteiger partial charge in [0.15, 0.2) is 0 Å². The number of nitrogens with two attached hydrogens (primary N) is 2. The lowest BCUT2D eigenvalue weighted by Crippen LogP contribution is -2.21. The lowest BCUT2D eigenvalue weighted by Gasteiger charge is -2.30. The number of rotatable bonds is 6. The van der Waals surface area contributed by atoms with E-state index >= 15 is 0 Å². The highest BCUT2D eigenvalue weighted by atomic mass is 16.6. The van der Waals surface area contributed by atoms with Crippen LogP contribution in [0.2, 0.25) is 0 Å². The highest BCUT2D eigenvalue weighted by Gasteiger charge is 2.31. The second-order valence-electron chi connectivity index (χ2n) is 10.0. The zero-order valence-electron chi connectivity index (χ0n) is 20.4. The molecule has 1 amide bonds. The van der Waals surface area contributed by atoms with Crippen LogP contribution in [0.1, 0.15) is 45.1 Å². The fourth-order valence-electron chi connectivity index (χ4n) is 5.15. The zero-order chi connectivity index (χ0) is 24.8. The van der Waals surface area contributed by atoms with Crippen LogP contribution in [-0.2, 0) is 4.74 Å². The molecule has 2 aliphatic carbocycles. The largest absolute Gasteiger partial charge is 0.446 e. The van der Waals surface area contributed by atoms with Gasteiger partial charge in [0, 0.05) is 34.4 Å². The van der Waals surface area contributed by atoms with Gasteiger partial charge in [0.2, 0.25) is 0 Å². The summed E-state index contributed by atoms with van der Waals surface area (Å²) in [6.07, 6.45) is 7.03. The summed E-state index contributed by atoms with van der Waals surface area (Å²) in [5, 5.41) is 3.87. The van der Waals surface area contributed by atoms with Crippen LogP contribution in [0.5, 0.6) is 0 Å². The van der Waals surface area contributed by atoms with E-state index in [9.17, 15) is 4.79 Å². The van der Waals surface area contributed by atoms with Crippen molar-refractivity contribution < 1.29 is 9.53 Å². The number of nitrogen functional groups attached to an aromatic ring is 2. The maximum atomic E-state index is 12.3. The Morgan fingerprint density at radius 1 is 1.06 bits per heavy atom. The third kappa shape index (κ3) is 4.04. The molecule has 2 saturated carbocycles. The maximum Gasteiger partial charge on any atom is 0.411 e. The molecule has 7 nitrogen and oxygen atoms in total. The van der Waals surface area contributed by atoms with E-state index in [1.165, 1.54) is 6.42 Å². The van der Waals surface area contributed by atoms with Crippen LogP contribution in [0.4, 0.5) is 21.9 Å². The standard InChI is InChI=1S/C29H31N5O2/c1-17(18-7-8-18)36-29(35)33-21-12-9-19(10-13-21)28-26(31)23-14-11-20(27-24(30)6-3-15-32-27)16-25(23)34(28)22-4-2-5-22/h3,6,9-18,22H,2,4-5,7-8,30-31H2,1H3,(H,33,35)/t17-/m1/s1. The van der Waals surface area contributed by atoms with E-state index < -0.39 is 6.09 Å². The SMILES string of the molecule is C[C@@H](OC(=O)Nc1ccc(-c2c(N)c3ccc(-c4ncccc4N)cc3n2C2CCC2)cc1)C1CC1. The number of hydrogen-bond acceptors (Lipinski definition) is 5. The van der Waals surface area contributed by atoms with E-state index in [0.29, 0.717) is 23.3 Å². The minimum absolute atomic E-state index is 0.0476. The Balaban J connectivity index is 1.35. The summed E-state index contributed by atoms with van der Waals surface area (Å²) < 4.78 is 7.87. The summed E-state index contributed by atoms with van der Waals surface area (Å²) in [4.78, 5) is 16.8. The van der Waals surface area contributed by atoms with Crippen LogP contribution in [0, 0.1) is 5.92 Å². The number of aromatic nitrogens is 2. The predicted molar refractivity (Wildman–Crippen MR) is 145 cm³/mol. The number of benzene rings is 2. The Hall–Kier alpha value is -4.00. The highest BCUT2D eigenvalue weighted by molar-refractivity contribution is 6.03. The van der Waals surface area contributed by atoms with Gasteiger partial charge >= 0.3 is 6.09 Å². The van der Waals surface area contributed by atoms with Gasteiger partial charge in [0.25, 0.3) is 0 Å². The molecule has 1 atom stereocenters. The highest BCUT2D eigenvalue weighted by Crippen LogP contribution is 2.45. The van der Waals surface area contributed by atoms with Crippen LogP contribution in [-0.4, -0.2) is 21.7 Å². The maximum absolute atomic E-state index is 12.3. The topological polar surface area (TPSA) is 108 Å². The third-order valence-electron chi connectivity index (χ3n) is 7.58. The van der Waals surface area contributed by atoms with Crippen molar-refractivity contribution in [3.05, 3.63) is 60.8 Å². The minimum atomic E-state index is -0.411. The lowest BCUT2D eigenvalue weighted by molar-refractivity contribution is 0.108. The Bertz CT molecular complexity index is 1430. The van der Waals surface area contributed by atoms with Gasteiger partial charge < -0.3 is 20.8 Å². The van der Waals surface area contributed by atoms with Crippen molar-refractivity contribution in [1.29, 1.82) is 0 Å². The van der Waals surface area contributed by atoms with E-state index in [1.54, 1.807) is 6.20 Å². The number of ether oxygens (including phenoxy) is 1. The normalized spacial score (nSPS) is 16.5. The molecule has 0 spiro atoms. The molecule has 0 radical (unpaired) electrons. The van der Waals surface area contributed by atoms with Gasteiger partial charge in [-0.25, -0.2) is 4.79 Å². The average molecular weight is 482 g/mol. The van der Waals surface area contributed by atoms with Crippen molar-refractivity contribution in [1.82, 2.24) is 9.55 Å². The molecule has 0 aliphatic heterocycles. The Morgan fingerprint density at radius 2 is 1.81 bits per heavy atom. The number of anilines is 3. The molecule has 2 aliphatic rings. The van der Waals surface area contributed by atoms with Gasteiger partial charge in [-0.05, 0) is 75.3 Å². The zero-order valence-corrected chi connectivity index (χ0v) is 20.4. The van der Waals surface area contributed by atoms with E-state index in [4.69, 9.17) is 16.2 Å². The number of fused-ring (bicyclic) bond motifs is 1. The minimum Gasteiger partial charge on any atom is -0.446 e. The van der Waals surface area contributed by atoms with Crippen LogP contribution < -0.4 is 16.8 Å². The van der Waals surface area contributed by atoms with Crippen LogP contribution in [0.25, 0.3) is 33.4 Å². The fraction of sp³-hybridized carbons (Fsp3) is 0.310. The Morgan fingerprint density at radius 3 is 2.47 bits per heavy atom. The molecule has 2 aromatic heterocycles. The first kappa shape index (κ1) is 22.5. The van der Waals surface area contributed by atoms with Crippen molar-refractivity contribution in [2.45, 2.75) is 51.2 Å². The van der Waals surface area contributed by atoms with Crippen molar-refractivity contribution >= 4 is 34.1 Å². The molecule has 184 valence electrons. The molecule has 7 heteroatoms. The van der Waals surface area contributed by atoms with Gasteiger partial charge in [-0.15, -0.1) is 0 Å². The van der Waals surface area contributed by atoms with E-state index in [0.717, 1.165) is 64.8 Å². The van der Waals surface area contributed by atoms with Crippen molar-refractivity contribution in [2.75, 3.05) is 16.8 Å². The molecule has 0 saturated heterocycles. The molecule has 6 rings (SSSR count). The molecule has 2 heterocycles. The molecule has 0 bridgehead atoms. The monoisotopic (exact) mass is 481 g/mol. The average Bonchev–Trinajstić information content (AvgIpc) is 3.65. The first-order valence-electron chi connectivity index (χ1n) is 12.7. The van der Waals surface area contributed by atoms with Gasteiger partial charge in [-0.2, -0.15) is 0 Å². The predicted octanol–water partition coefficient (Wildman–Crippen LogP) is 6.61. The molecule has 0 unspecified atom stereocenters. The van der Waals surface area contributed by atoms with Crippen LogP contribution >= 0.6 is 0 Å². The summed E-state index contributed by atoms with van der Waals surface area (Å²) in [6, 6.07) is 18.2. The molecule has 2 fully saturated rings. The van der Waals surface area contributed by atoms with Crippen molar-refractivity contribution in [2.24, 2.45) is 5.92 Å². The van der Waals surface area contributed by atoms with E-state index in [-0.39, 0.29) is 6.10 Å². The Labute approximate surface area is 210 Å². The summed E-state index contributed by atoms with van der Waals surface area (Å²) in [7, 11) is 0. The number of carbonyl (C=O) groups is 1. The Kier molecular flexibility index (Phi) is 5.55.